The highest BCUT2D eigenvalue weighted by atomic mass is 32.2. The number of nitrogens with zero attached hydrogens (tertiary/aromatic N) is 3. The van der Waals surface area contributed by atoms with Crippen molar-refractivity contribution in [2.75, 3.05) is 26.3 Å². The molecular weight excluding hydrogens is 522 g/mol. The van der Waals surface area contributed by atoms with Crippen LogP contribution in [0.3, 0.4) is 0 Å². The van der Waals surface area contributed by atoms with Crippen LogP contribution in [0.1, 0.15) is 31.1 Å². The Bertz CT molecular complexity index is 1630. The van der Waals surface area contributed by atoms with E-state index in [4.69, 9.17) is 9.47 Å². The van der Waals surface area contributed by atoms with Gasteiger partial charge in [-0.2, -0.15) is 9.30 Å². The Kier molecular flexibility index (Phi) is 7.78. The molecule has 38 heavy (non-hydrogen) atoms. The van der Waals surface area contributed by atoms with E-state index in [9.17, 15) is 13.2 Å². The molecule has 0 unspecified atom stereocenters. The standard InChI is InChI=1S/C28H31N3O5S2/c1-4-35-16-15-31-25-14-11-21-7-5-6-8-24(21)26(25)37-28(31)29-27(32)22-9-12-23(13-10-22)38(33,34)30-17-19(2)36-20(3)18-30/h5-14,19-20H,4,15-18H2,1-3H3/t19-,20+. The number of sulfonamides is 1. The summed E-state index contributed by atoms with van der Waals surface area (Å²) >= 11 is 1.47. The quantitative estimate of drug-likeness (QED) is 0.316. The Hall–Kier alpha value is -2.89. The number of thiazole rings is 1. The SMILES string of the molecule is CCOCCn1c(=NC(=O)c2ccc(S(=O)(=O)N3C[C@@H](C)O[C@@H](C)C3)cc2)sc2c3ccccc3ccc21. The average Bonchev–Trinajstić information content (AvgIpc) is 3.25. The van der Waals surface area contributed by atoms with Crippen LogP contribution in [-0.2, 0) is 26.0 Å². The van der Waals surface area contributed by atoms with Gasteiger partial charge in [-0.1, -0.05) is 41.7 Å². The fourth-order valence-electron chi connectivity index (χ4n) is 4.80. The molecule has 5 rings (SSSR count). The lowest BCUT2D eigenvalue weighted by molar-refractivity contribution is -0.0440. The zero-order valence-corrected chi connectivity index (χ0v) is 23.3. The van der Waals surface area contributed by atoms with E-state index in [0.29, 0.717) is 43.2 Å². The van der Waals surface area contributed by atoms with Gasteiger partial charge in [0.2, 0.25) is 10.0 Å². The number of rotatable bonds is 7. The molecule has 0 radical (unpaired) electrons. The van der Waals surface area contributed by atoms with Crippen molar-refractivity contribution in [1.82, 2.24) is 8.87 Å². The van der Waals surface area contributed by atoms with Crippen molar-refractivity contribution >= 4 is 48.3 Å². The molecule has 1 saturated heterocycles. The molecule has 0 spiro atoms. The lowest BCUT2D eigenvalue weighted by Gasteiger charge is -2.34. The van der Waals surface area contributed by atoms with Crippen LogP contribution in [-0.4, -0.2) is 61.7 Å². The predicted octanol–water partition coefficient (Wildman–Crippen LogP) is 4.43. The van der Waals surface area contributed by atoms with Gasteiger partial charge in [0.05, 0.1) is 33.9 Å². The molecule has 1 aliphatic rings. The Morgan fingerprint density at radius 3 is 2.47 bits per heavy atom. The first-order valence-electron chi connectivity index (χ1n) is 12.7. The van der Waals surface area contributed by atoms with E-state index in [1.54, 1.807) is 0 Å². The van der Waals surface area contributed by atoms with E-state index in [2.05, 4.69) is 29.3 Å². The van der Waals surface area contributed by atoms with Gasteiger partial charge in [0.15, 0.2) is 4.80 Å². The Labute approximate surface area is 226 Å². The fourth-order valence-corrected chi connectivity index (χ4v) is 7.58. The summed E-state index contributed by atoms with van der Waals surface area (Å²) in [6.07, 6.45) is -0.359. The van der Waals surface area contributed by atoms with Crippen molar-refractivity contribution in [1.29, 1.82) is 0 Å². The van der Waals surface area contributed by atoms with E-state index >= 15 is 0 Å². The van der Waals surface area contributed by atoms with Gasteiger partial charge in [0.25, 0.3) is 5.91 Å². The van der Waals surface area contributed by atoms with Crippen molar-refractivity contribution in [3.63, 3.8) is 0 Å². The maximum absolute atomic E-state index is 13.2. The molecular formula is C28H31N3O5S2. The highest BCUT2D eigenvalue weighted by Gasteiger charge is 2.32. The molecule has 0 N–H and O–H groups in total. The molecule has 1 amide bonds. The molecule has 3 aromatic carbocycles. The fraction of sp³-hybridized carbons (Fsp3) is 0.357. The number of aromatic nitrogens is 1. The van der Waals surface area contributed by atoms with E-state index in [1.807, 2.05) is 37.5 Å². The first kappa shape index (κ1) is 26.7. The summed E-state index contributed by atoms with van der Waals surface area (Å²) in [5.74, 6) is -0.427. The molecule has 4 aromatic rings. The van der Waals surface area contributed by atoms with Gasteiger partial charge in [-0.15, -0.1) is 0 Å². The maximum Gasteiger partial charge on any atom is 0.279 e. The van der Waals surface area contributed by atoms with Crippen molar-refractivity contribution in [3.8, 4) is 0 Å². The van der Waals surface area contributed by atoms with Crippen LogP contribution in [0, 0.1) is 0 Å². The van der Waals surface area contributed by atoms with Crippen LogP contribution in [0.15, 0.2) is 70.6 Å². The molecule has 0 saturated carbocycles. The van der Waals surface area contributed by atoms with Crippen LogP contribution < -0.4 is 4.80 Å². The second-order valence-electron chi connectivity index (χ2n) is 9.39. The minimum atomic E-state index is -3.69. The highest BCUT2D eigenvalue weighted by molar-refractivity contribution is 7.89. The molecule has 0 aliphatic carbocycles. The average molecular weight is 554 g/mol. The van der Waals surface area contributed by atoms with Crippen molar-refractivity contribution in [2.24, 2.45) is 4.99 Å². The van der Waals surface area contributed by atoms with Crippen LogP contribution >= 0.6 is 11.3 Å². The minimum absolute atomic E-state index is 0.149. The first-order chi connectivity index (χ1) is 18.3. The van der Waals surface area contributed by atoms with Gasteiger partial charge in [-0.3, -0.25) is 4.79 Å². The lowest BCUT2D eigenvalue weighted by Crippen LogP contribution is -2.48. The highest BCUT2D eigenvalue weighted by Crippen LogP contribution is 2.28. The monoisotopic (exact) mass is 553 g/mol. The Balaban J connectivity index is 1.48. The third-order valence-corrected chi connectivity index (χ3v) is 9.53. The zero-order valence-electron chi connectivity index (χ0n) is 21.7. The second kappa shape index (κ2) is 11.1. The topological polar surface area (TPSA) is 90.2 Å². The summed E-state index contributed by atoms with van der Waals surface area (Å²) in [7, 11) is -3.69. The summed E-state index contributed by atoms with van der Waals surface area (Å²) in [5.41, 5.74) is 1.32. The van der Waals surface area contributed by atoms with Gasteiger partial charge < -0.3 is 14.0 Å². The van der Waals surface area contributed by atoms with Crippen LogP contribution in [0.2, 0.25) is 0 Å². The number of hydrogen-bond donors (Lipinski definition) is 0. The van der Waals surface area contributed by atoms with Crippen molar-refractivity contribution in [2.45, 2.75) is 44.4 Å². The van der Waals surface area contributed by atoms with Gasteiger partial charge in [-0.05, 0) is 56.5 Å². The number of morpholine rings is 1. The van der Waals surface area contributed by atoms with E-state index < -0.39 is 15.9 Å². The third-order valence-electron chi connectivity index (χ3n) is 6.56. The molecule has 0 bridgehead atoms. The van der Waals surface area contributed by atoms with Crippen LogP contribution in [0.4, 0.5) is 0 Å². The summed E-state index contributed by atoms with van der Waals surface area (Å²) < 4.78 is 42.1. The summed E-state index contributed by atoms with van der Waals surface area (Å²) in [6, 6.07) is 18.3. The van der Waals surface area contributed by atoms with Crippen LogP contribution in [0.25, 0.3) is 21.0 Å². The molecule has 2 atom stereocenters. The molecule has 1 aromatic heterocycles. The van der Waals surface area contributed by atoms with Gasteiger partial charge in [-0.25, -0.2) is 8.42 Å². The number of benzene rings is 3. The summed E-state index contributed by atoms with van der Waals surface area (Å²) in [4.78, 5) is 18.4. The zero-order chi connectivity index (χ0) is 26.9. The number of carbonyl (C=O) groups is 1. The molecule has 1 aliphatic heterocycles. The van der Waals surface area contributed by atoms with Crippen molar-refractivity contribution < 1.29 is 22.7 Å². The molecule has 8 nitrogen and oxygen atoms in total. The number of amides is 1. The smallest absolute Gasteiger partial charge is 0.279 e. The number of carbonyl (C=O) groups excluding carboxylic acids is 1. The lowest BCUT2D eigenvalue weighted by atomic mass is 10.1. The first-order valence-corrected chi connectivity index (χ1v) is 15.0. The predicted molar refractivity (Wildman–Crippen MR) is 149 cm³/mol. The minimum Gasteiger partial charge on any atom is -0.380 e. The Morgan fingerprint density at radius 2 is 1.76 bits per heavy atom. The molecule has 2 heterocycles. The molecule has 200 valence electrons. The molecule has 1 fully saturated rings. The van der Waals surface area contributed by atoms with Crippen LogP contribution in [0.5, 0.6) is 0 Å². The number of hydrogen-bond acceptors (Lipinski definition) is 6. The normalized spacial score (nSPS) is 19.4. The van der Waals surface area contributed by atoms with Gasteiger partial charge in [0, 0.05) is 37.2 Å². The van der Waals surface area contributed by atoms with Crippen molar-refractivity contribution in [3.05, 3.63) is 71.0 Å². The van der Waals surface area contributed by atoms with Gasteiger partial charge in [0.1, 0.15) is 0 Å². The van der Waals surface area contributed by atoms with E-state index in [1.165, 1.54) is 39.9 Å². The van der Waals surface area contributed by atoms with E-state index in [0.717, 1.165) is 21.0 Å². The molecule has 10 heteroatoms. The second-order valence-corrected chi connectivity index (χ2v) is 12.3. The third kappa shape index (κ3) is 5.32. The number of ether oxygens (including phenoxy) is 2. The number of fused-ring (bicyclic) bond motifs is 3. The van der Waals surface area contributed by atoms with E-state index in [-0.39, 0.29) is 17.1 Å². The van der Waals surface area contributed by atoms with Gasteiger partial charge >= 0.3 is 0 Å². The summed E-state index contributed by atoms with van der Waals surface area (Å²) in [6.45, 7) is 7.93. The largest absolute Gasteiger partial charge is 0.380 e. The summed E-state index contributed by atoms with van der Waals surface area (Å²) in [5, 5.41) is 2.23. The Morgan fingerprint density at radius 1 is 1.05 bits per heavy atom. The maximum atomic E-state index is 13.2.